The van der Waals surface area contributed by atoms with E-state index in [-0.39, 0.29) is 5.91 Å². The van der Waals surface area contributed by atoms with Gasteiger partial charge in [0.15, 0.2) is 16.6 Å². The van der Waals surface area contributed by atoms with Crippen molar-refractivity contribution in [2.45, 2.75) is 13.8 Å². The molecular weight excluding hydrogens is 376 g/mol. The second-order valence-corrected chi connectivity index (χ2v) is 7.06. The molecule has 0 aliphatic rings. The van der Waals surface area contributed by atoms with Gasteiger partial charge in [-0.2, -0.15) is 0 Å². The second kappa shape index (κ2) is 8.31. The van der Waals surface area contributed by atoms with E-state index >= 15 is 0 Å². The highest BCUT2D eigenvalue weighted by Gasteiger charge is 2.19. The first kappa shape index (κ1) is 19.7. The molecule has 0 aliphatic carbocycles. The van der Waals surface area contributed by atoms with E-state index in [4.69, 9.17) is 14.2 Å². The van der Waals surface area contributed by atoms with Crippen LogP contribution in [-0.2, 0) is 0 Å². The van der Waals surface area contributed by atoms with Crippen molar-refractivity contribution in [3.63, 3.8) is 0 Å². The van der Waals surface area contributed by atoms with Crippen molar-refractivity contribution in [1.82, 2.24) is 4.98 Å². The molecule has 0 radical (unpaired) electrons. The van der Waals surface area contributed by atoms with Crippen molar-refractivity contribution in [3.8, 4) is 28.5 Å². The third-order valence-corrected chi connectivity index (χ3v) is 5.24. The maximum absolute atomic E-state index is 12.8. The highest BCUT2D eigenvalue weighted by Crippen LogP contribution is 2.35. The fraction of sp³-hybridized carbons (Fsp3) is 0.238. The SMILES string of the molecule is COc1cc(OC)c(C(=O)Nc2nc(-c3ccc(C)c(C)c3)cs2)cc1OC. The number of hydrogen-bond acceptors (Lipinski definition) is 6. The van der Waals surface area contributed by atoms with E-state index in [9.17, 15) is 4.79 Å². The molecule has 1 N–H and O–H groups in total. The van der Waals surface area contributed by atoms with Crippen molar-refractivity contribution in [3.05, 3.63) is 52.4 Å². The minimum absolute atomic E-state index is 0.334. The first-order valence-corrected chi connectivity index (χ1v) is 9.49. The number of aryl methyl sites for hydroxylation is 2. The number of nitrogens with one attached hydrogen (secondary N) is 1. The van der Waals surface area contributed by atoms with E-state index in [1.54, 1.807) is 12.1 Å². The van der Waals surface area contributed by atoms with Gasteiger partial charge >= 0.3 is 0 Å². The Morgan fingerprint density at radius 2 is 1.61 bits per heavy atom. The summed E-state index contributed by atoms with van der Waals surface area (Å²) in [4.78, 5) is 17.3. The maximum atomic E-state index is 12.8. The number of benzene rings is 2. The van der Waals surface area contributed by atoms with Crippen LogP contribution in [0.3, 0.4) is 0 Å². The lowest BCUT2D eigenvalue weighted by molar-refractivity contribution is 0.102. The van der Waals surface area contributed by atoms with Crippen LogP contribution in [0, 0.1) is 13.8 Å². The first-order valence-electron chi connectivity index (χ1n) is 8.61. The molecular formula is C21H22N2O4S. The van der Waals surface area contributed by atoms with Gasteiger partial charge in [-0.15, -0.1) is 11.3 Å². The number of anilines is 1. The minimum Gasteiger partial charge on any atom is -0.496 e. The minimum atomic E-state index is -0.334. The van der Waals surface area contributed by atoms with Gasteiger partial charge in [-0.05, 0) is 31.0 Å². The standard InChI is InChI=1S/C21H22N2O4S/c1-12-6-7-14(8-13(12)2)16-11-28-21(22-16)23-20(24)15-9-18(26-4)19(27-5)10-17(15)25-3/h6-11H,1-5H3,(H,22,23,24). The Hall–Kier alpha value is -3.06. The monoisotopic (exact) mass is 398 g/mol. The molecule has 0 fully saturated rings. The summed E-state index contributed by atoms with van der Waals surface area (Å²) in [6, 6.07) is 9.39. The van der Waals surface area contributed by atoms with Crippen molar-refractivity contribution in [2.75, 3.05) is 26.6 Å². The summed E-state index contributed by atoms with van der Waals surface area (Å²) >= 11 is 1.37. The van der Waals surface area contributed by atoms with Crippen LogP contribution in [0.4, 0.5) is 5.13 Å². The van der Waals surface area contributed by atoms with Gasteiger partial charge in [0.1, 0.15) is 5.75 Å². The predicted octanol–water partition coefficient (Wildman–Crippen LogP) is 4.71. The van der Waals surface area contributed by atoms with Gasteiger partial charge in [-0.3, -0.25) is 10.1 Å². The summed E-state index contributed by atoms with van der Waals surface area (Å²) in [5, 5.41) is 5.26. The molecule has 6 nitrogen and oxygen atoms in total. The molecule has 3 aromatic rings. The number of ether oxygens (including phenoxy) is 3. The number of amides is 1. The number of carbonyl (C=O) groups excluding carboxylic acids is 1. The van der Waals surface area contributed by atoms with Crippen LogP contribution in [0.5, 0.6) is 17.2 Å². The highest BCUT2D eigenvalue weighted by molar-refractivity contribution is 7.14. The molecule has 0 bridgehead atoms. The topological polar surface area (TPSA) is 69.7 Å². The van der Waals surface area contributed by atoms with Gasteiger partial charge < -0.3 is 14.2 Å². The number of rotatable bonds is 6. The van der Waals surface area contributed by atoms with Crippen molar-refractivity contribution >= 4 is 22.4 Å². The molecule has 1 heterocycles. The molecule has 7 heteroatoms. The van der Waals surface area contributed by atoms with Crippen molar-refractivity contribution in [1.29, 1.82) is 0 Å². The number of methoxy groups -OCH3 is 3. The lowest BCUT2D eigenvalue weighted by Crippen LogP contribution is -2.13. The van der Waals surface area contributed by atoms with Crippen LogP contribution >= 0.6 is 11.3 Å². The smallest absolute Gasteiger partial charge is 0.261 e. The average molecular weight is 398 g/mol. The van der Waals surface area contributed by atoms with Crippen LogP contribution in [-0.4, -0.2) is 32.2 Å². The van der Waals surface area contributed by atoms with Gasteiger partial charge in [-0.1, -0.05) is 12.1 Å². The average Bonchev–Trinajstić information content (AvgIpc) is 3.17. The normalized spacial score (nSPS) is 10.5. The molecule has 1 amide bonds. The Balaban J connectivity index is 1.86. The molecule has 3 rings (SSSR count). The molecule has 28 heavy (non-hydrogen) atoms. The summed E-state index contributed by atoms with van der Waals surface area (Å²) in [6.07, 6.45) is 0. The highest BCUT2D eigenvalue weighted by atomic mass is 32.1. The Labute approximate surface area is 168 Å². The fourth-order valence-corrected chi connectivity index (χ4v) is 3.45. The summed E-state index contributed by atoms with van der Waals surface area (Å²) in [6.45, 7) is 4.14. The number of aromatic nitrogens is 1. The van der Waals surface area contributed by atoms with E-state index in [0.29, 0.717) is 27.9 Å². The number of hydrogen-bond donors (Lipinski definition) is 1. The van der Waals surface area contributed by atoms with E-state index in [1.165, 1.54) is 43.8 Å². The van der Waals surface area contributed by atoms with Gasteiger partial charge in [0.2, 0.25) is 0 Å². The number of thiazole rings is 1. The van der Waals surface area contributed by atoms with Gasteiger partial charge in [-0.25, -0.2) is 4.98 Å². The zero-order valence-corrected chi connectivity index (χ0v) is 17.3. The third kappa shape index (κ3) is 3.94. The van der Waals surface area contributed by atoms with Crippen molar-refractivity contribution in [2.24, 2.45) is 0 Å². The zero-order valence-electron chi connectivity index (χ0n) is 16.5. The number of carbonyl (C=O) groups is 1. The Bertz CT molecular complexity index is 1010. The van der Waals surface area contributed by atoms with Crippen LogP contribution < -0.4 is 19.5 Å². The number of nitrogens with zero attached hydrogens (tertiary/aromatic N) is 1. The van der Waals surface area contributed by atoms with Gasteiger partial charge in [0.25, 0.3) is 5.91 Å². The lowest BCUT2D eigenvalue weighted by atomic mass is 10.1. The molecule has 0 atom stereocenters. The summed E-state index contributed by atoms with van der Waals surface area (Å²) in [7, 11) is 4.54. The van der Waals surface area contributed by atoms with E-state index < -0.39 is 0 Å². The molecule has 0 unspecified atom stereocenters. The van der Waals surface area contributed by atoms with E-state index in [1.807, 2.05) is 11.4 Å². The Kier molecular flexibility index (Phi) is 5.84. The quantitative estimate of drug-likeness (QED) is 0.651. The third-order valence-electron chi connectivity index (χ3n) is 4.48. The van der Waals surface area contributed by atoms with Crippen molar-refractivity contribution < 1.29 is 19.0 Å². The van der Waals surface area contributed by atoms with E-state index in [0.717, 1.165) is 11.3 Å². The Morgan fingerprint density at radius 3 is 2.25 bits per heavy atom. The largest absolute Gasteiger partial charge is 0.496 e. The molecule has 2 aromatic carbocycles. The Morgan fingerprint density at radius 1 is 0.929 bits per heavy atom. The first-order chi connectivity index (χ1) is 13.5. The molecule has 0 aliphatic heterocycles. The summed E-state index contributed by atoms with van der Waals surface area (Å²) in [5.41, 5.74) is 4.61. The molecule has 1 aromatic heterocycles. The van der Waals surface area contributed by atoms with Crippen LogP contribution in [0.1, 0.15) is 21.5 Å². The summed E-state index contributed by atoms with van der Waals surface area (Å²) < 4.78 is 15.9. The lowest BCUT2D eigenvalue weighted by Gasteiger charge is -2.13. The van der Waals surface area contributed by atoms with Crippen LogP contribution in [0.2, 0.25) is 0 Å². The van der Waals surface area contributed by atoms with Gasteiger partial charge in [0, 0.05) is 23.1 Å². The molecule has 0 saturated heterocycles. The fourth-order valence-electron chi connectivity index (χ4n) is 2.74. The predicted molar refractivity (Wildman–Crippen MR) is 111 cm³/mol. The van der Waals surface area contributed by atoms with Crippen LogP contribution in [0.25, 0.3) is 11.3 Å². The molecule has 146 valence electrons. The zero-order chi connectivity index (χ0) is 20.3. The molecule has 0 spiro atoms. The van der Waals surface area contributed by atoms with Gasteiger partial charge in [0.05, 0.1) is 32.6 Å². The van der Waals surface area contributed by atoms with E-state index in [2.05, 4.69) is 36.3 Å². The second-order valence-electron chi connectivity index (χ2n) is 6.20. The van der Waals surface area contributed by atoms with Crippen LogP contribution in [0.15, 0.2) is 35.7 Å². The maximum Gasteiger partial charge on any atom is 0.261 e. The molecule has 0 saturated carbocycles. The summed E-state index contributed by atoms with van der Waals surface area (Å²) in [5.74, 6) is 0.991.